The van der Waals surface area contributed by atoms with Crippen molar-refractivity contribution in [1.29, 1.82) is 0 Å². The Hall–Kier alpha value is -2.70. The van der Waals surface area contributed by atoms with Crippen LogP contribution in [-0.2, 0) is 9.59 Å². The summed E-state index contributed by atoms with van der Waals surface area (Å²) in [7, 11) is 0. The highest BCUT2D eigenvalue weighted by Gasteiger charge is 2.56. The molecule has 1 saturated carbocycles. The molecule has 7 nitrogen and oxygen atoms in total. The Balaban J connectivity index is 1.40. The van der Waals surface area contributed by atoms with E-state index in [1.807, 2.05) is 0 Å². The number of pyridine rings is 1. The lowest BCUT2D eigenvalue weighted by Gasteiger charge is -2.38. The van der Waals surface area contributed by atoms with Crippen LogP contribution in [0.1, 0.15) is 12.8 Å². The lowest BCUT2D eigenvalue weighted by Crippen LogP contribution is -2.43. The van der Waals surface area contributed by atoms with Crippen molar-refractivity contribution in [2.24, 2.45) is 23.7 Å². The molecule has 1 aromatic heterocycles. The van der Waals surface area contributed by atoms with Gasteiger partial charge in [0, 0.05) is 6.20 Å². The van der Waals surface area contributed by atoms with Gasteiger partial charge in [0.2, 0.25) is 11.8 Å². The van der Waals surface area contributed by atoms with E-state index in [1.54, 1.807) is 18.3 Å². The quantitative estimate of drug-likeness (QED) is 0.648. The molecule has 2 N–H and O–H groups in total. The van der Waals surface area contributed by atoms with Crippen LogP contribution in [0.15, 0.2) is 36.7 Å². The number of nitrogens with zero attached hydrogens (tertiary/aromatic N) is 2. The zero-order valence-electron chi connectivity index (χ0n) is 13.0. The highest BCUT2D eigenvalue weighted by atomic mass is 16.2. The fraction of sp³-hybridized carbons (Fsp3) is 0.412. The maximum absolute atomic E-state index is 12.6. The van der Waals surface area contributed by atoms with E-state index in [9.17, 15) is 14.4 Å². The summed E-state index contributed by atoms with van der Waals surface area (Å²) >= 11 is 0. The second-order valence-electron chi connectivity index (χ2n) is 6.48. The number of urea groups is 1. The summed E-state index contributed by atoms with van der Waals surface area (Å²) in [6.07, 6.45) is 9.20. The van der Waals surface area contributed by atoms with Crippen LogP contribution in [0.2, 0.25) is 0 Å². The summed E-state index contributed by atoms with van der Waals surface area (Å²) in [5.74, 6) is -0.498. The van der Waals surface area contributed by atoms with Gasteiger partial charge in [-0.3, -0.25) is 19.5 Å². The maximum atomic E-state index is 12.6. The summed E-state index contributed by atoms with van der Waals surface area (Å²) in [4.78, 5) is 42.2. The number of imide groups is 1. The smallest absolute Gasteiger partial charge is 0.320 e. The molecule has 124 valence electrons. The third-order valence-electron chi connectivity index (χ3n) is 5.17. The van der Waals surface area contributed by atoms with Crippen molar-refractivity contribution < 1.29 is 14.4 Å². The van der Waals surface area contributed by atoms with Crippen LogP contribution in [0.25, 0.3) is 0 Å². The third-order valence-corrected chi connectivity index (χ3v) is 5.17. The molecule has 3 aliphatic carbocycles. The van der Waals surface area contributed by atoms with Crippen molar-refractivity contribution in [3.8, 4) is 0 Å². The molecule has 7 heteroatoms. The Kier molecular flexibility index (Phi) is 3.55. The van der Waals surface area contributed by atoms with Crippen molar-refractivity contribution in [3.63, 3.8) is 0 Å². The standard InChI is InChI=1S/C17H18N4O3/c22-15-13-10-3-4-11(6-5-10)14(13)16(23)21(15)9-19-17(24)20-12-2-1-7-18-8-12/h1-4,7-8,10-11,13-14H,5-6,9H2,(H2,19,20,24)/t10-,11-,13-,14+/m0/s1. The fourth-order valence-electron chi connectivity index (χ4n) is 4.05. The van der Waals surface area contributed by atoms with Crippen LogP contribution in [0.3, 0.4) is 0 Å². The van der Waals surface area contributed by atoms with Gasteiger partial charge >= 0.3 is 6.03 Å². The third kappa shape index (κ3) is 2.36. The topological polar surface area (TPSA) is 91.4 Å². The van der Waals surface area contributed by atoms with E-state index < -0.39 is 6.03 Å². The molecule has 0 aromatic carbocycles. The number of anilines is 1. The molecule has 0 spiro atoms. The summed E-state index contributed by atoms with van der Waals surface area (Å²) in [5, 5.41) is 5.19. The number of carbonyl (C=O) groups is 3. The first-order valence-corrected chi connectivity index (χ1v) is 8.13. The van der Waals surface area contributed by atoms with Crippen LogP contribution in [0.4, 0.5) is 10.5 Å². The van der Waals surface area contributed by atoms with E-state index in [0.29, 0.717) is 5.69 Å². The molecule has 24 heavy (non-hydrogen) atoms. The van der Waals surface area contributed by atoms with E-state index in [4.69, 9.17) is 0 Å². The number of hydrogen-bond donors (Lipinski definition) is 2. The predicted molar refractivity (Wildman–Crippen MR) is 85.4 cm³/mol. The zero-order valence-corrected chi connectivity index (χ0v) is 13.0. The molecule has 1 aliphatic heterocycles. The van der Waals surface area contributed by atoms with Crippen molar-refractivity contribution >= 4 is 23.5 Å². The number of rotatable bonds is 3. The molecule has 2 bridgehead atoms. The molecule has 1 saturated heterocycles. The Morgan fingerprint density at radius 3 is 2.38 bits per heavy atom. The number of allylic oxidation sites excluding steroid dienone is 2. The Morgan fingerprint density at radius 2 is 1.83 bits per heavy atom. The molecular weight excluding hydrogens is 308 g/mol. The Bertz CT molecular complexity index is 686. The monoisotopic (exact) mass is 326 g/mol. The van der Waals surface area contributed by atoms with Gasteiger partial charge in [0.15, 0.2) is 0 Å². The lowest BCUT2D eigenvalue weighted by molar-refractivity contribution is -0.140. The average Bonchev–Trinajstić information content (AvgIpc) is 2.88. The number of carbonyl (C=O) groups excluding carboxylic acids is 3. The zero-order chi connectivity index (χ0) is 16.7. The highest BCUT2D eigenvalue weighted by molar-refractivity contribution is 6.06. The van der Waals surface area contributed by atoms with E-state index in [0.717, 1.165) is 12.8 Å². The predicted octanol–water partition coefficient (Wildman–Crippen LogP) is 1.36. The Labute approximate surface area is 139 Å². The number of nitrogens with one attached hydrogen (secondary N) is 2. The van der Waals surface area contributed by atoms with Gasteiger partial charge < -0.3 is 10.6 Å². The van der Waals surface area contributed by atoms with E-state index in [2.05, 4.69) is 27.8 Å². The molecule has 2 heterocycles. The van der Waals surface area contributed by atoms with E-state index in [1.165, 1.54) is 11.1 Å². The average molecular weight is 326 g/mol. The van der Waals surface area contributed by atoms with Gasteiger partial charge in [-0.15, -0.1) is 0 Å². The lowest BCUT2D eigenvalue weighted by atomic mass is 9.63. The molecule has 0 radical (unpaired) electrons. The van der Waals surface area contributed by atoms with Crippen LogP contribution in [0.5, 0.6) is 0 Å². The minimum atomic E-state index is -0.473. The van der Waals surface area contributed by atoms with Gasteiger partial charge in [0.1, 0.15) is 6.67 Å². The van der Waals surface area contributed by atoms with Crippen molar-refractivity contribution in [3.05, 3.63) is 36.7 Å². The first-order valence-electron chi connectivity index (χ1n) is 8.13. The van der Waals surface area contributed by atoms with E-state index >= 15 is 0 Å². The summed E-state index contributed by atoms with van der Waals surface area (Å²) in [6, 6.07) is 2.94. The van der Waals surface area contributed by atoms with Crippen LogP contribution < -0.4 is 10.6 Å². The fourth-order valence-corrected chi connectivity index (χ4v) is 4.05. The summed E-state index contributed by atoms with van der Waals surface area (Å²) in [6.45, 7) is -0.101. The molecule has 1 aromatic rings. The van der Waals surface area contributed by atoms with Gasteiger partial charge in [-0.1, -0.05) is 12.2 Å². The number of aromatic nitrogens is 1. The number of hydrogen-bond acceptors (Lipinski definition) is 4. The first kappa shape index (κ1) is 14.9. The largest absolute Gasteiger partial charge is 0.320 e. The molecule has 5 rings (SSSR count). The molecule has 4 aliphatic rings. The molecule has 0 unspecified atom stereocenters. The number of amides is 4. The normalized spacial score (nSPS) is 30.4. The van der Waals surface area contributed by atoms with Crippen LogP contribution >= 0.6 is 0 Å². The van der Waals surface area contributed by atoms with Crippen LogP contribution in [-0.4, -0.2) is 34.4 Å². The van der Waals surface area contributed by atoms with Crippen molar-refractivity contribution in [2.45, 2.75) is 12.8 Å². The maximum Gasteiger partial charge on any atom is 0.320 e. The van der Waals surface area contributed by atoms with Gasteiger partial charge in [-0.05, 0) is 36.8 Å². The van der Waals surface area contributed by atoms with Crippen molar-refractivity contribution in [2.75, 3.05) is 12.0 Å². The van der Waals surface area contributed by atoms with Gasteiger partial charge in [0.05, 0.1) is 23.7 Å². The van der Waals surface area contributed by atoms with Crippen LogP contribution in [0, 0.1) is 23.7 Å². The van der Waals surface area contributed by atoms with Gasteiger partial charge in [-0.2, -0.15) is 0 Å². The van der Waals surface area contributed by atoms with Gasteiger partial charge in [0.25, 0.3) is 0 Å². The van der Waals surface area contributed by atoms with Crippen molar-refractivity contribution in [1.82, 2.24) is 15.2 Å². The summed E-state index contributed by atoms with van der Waals surface area (Å²) in [5.41, 5.74) is 0.546. The molecule has 2 fully saturated rings. The molecular formula is C17H18N4O3. The minimum absolute atomic E-state index is 0.101. The van der Waals surface area contributed by atoms with Gasteiger partial charge in [-0.25, -0.2) is 4.79 Å². The summed E-state index contributed by atoms with van der Waals surface area (Å²) < 4.78 is 0. The highest BCUT2D eigenvalue weighted by Crippen LogP contribution is 2.49. The second kappa shape index (κ2) is 5.74. The SMILES string of the molecule is O=C(NCN1C(=O)[C@@H]2[C@H](C1=O)[C@H]1C=C[C@H]2CC1)Nc1cccnc1. The minimum Gasteiger partial charge on any atom is -0.320 e. The van der Waals surface area contributed by atoms with E-state index in [-0.39, 0.29) is 42.2 Å². The first-order chi connectivity index (χ1) is 11.6. The second-order valence-corrected chi connectivity index (χ2v) is 6.48. The molecule has 4 amide bonds. The molecule has 4 atom stereocenters. The Morgan fingerprint density at radius 1 is 1.17 bits per heavy atom. The number of fused-ring (bicyclic) bond motifs is 1. The number of likely N-dealkylation sites (tertiary alicyclic amines) is 1.